The highest BCUT2D eigenvalue weighted by molar-refractivity contribution is 9.10. The van der Waals surface area contributed by atoms with Crippen molar-refractivity contribution in [1.82, 2.24) is 0 Å². The summed E-state index contributed by atoms with van der Waals surface area (Å²) in [6.07, 6.45) is 4.92. The normalized spacial score (nSPS) is 28.2. The van der Waals surface area contributed by atoms with Gasteiger partial charge >= 0.3 is 0 Å². The van der Waals surface area contributed by atoms with Crippen molar-refractivity contribution in [2.24, 2.45) is 5.92 Å². The molecule has 0 spiro atoms. The van der Waals surface area contributed by atoms with Gasteiger partial charge in [-0.25, -0.2) is 0 Å². The van der Waals surface area contributed by atoms with Crippen LogP contribution in [0.25, 0.3) is 0 Å². The smallest absolute Gasteiger partial charge is 0.0338 e. The van der Waals surface area contributed by atoms with Crippen LogP contribution < -0.4 is 0 Å². The molecule has 13 heavy (non-hydrogen) atoms. The third kappa shape index (κ3) is 2.48. The average molecular weight is 280 g/mol. The van der Waals surface area contributed by atoms with E-state index in [0.29, 0.717) is 5.38 Å². The first-order valence-corrected chi connectivity index (χ1v) is 6.72. The molecular weight excluding hydrogens is 268 g/mol. The fourth-order valence-electron chi connectivity index (χ4n) is 1.93. The Morgan fingerprint density at radius 2 is 2.38 bits per heavy atom. The zero-order valence-electron chi connectivity index (χ0n) is 7.30. The standard InChI is InChI=1S/C10H12BrClS/c11-9-3-4-13-10(9)6-7-1-2-8(12)5-7/h3-4,7-8H,1-2,5-6H2. The molecule has 2 unspecified atom stereocenters. The van der Waals surface area contributed by atoms with Crippen LogP contribution in [-0.2, 0) is 6.42 Å². The van der Waals surface area contributed by atoms with Crippen LogP contribution in [0.1, 0.15) is 24.1 Å². The second kappa shape index (κ2) is 4.33. The fourth-order valence-corrected chi connectivity index (χ4v) is 3.94. The van der Waals surface area contributed by atoms with Gasteiger partial charge in [0.1, 0.15) is 0 Å². The highest BCUT2D eigenvalue weighted by atomic mass is 79.9. The highest BCUT2D eigenvalue weighted by Gasteiger charge is 2.23. The molecule has 2 rings (SSSR count). The maximum Gasteiger partial charge on any atom is 0.0338 e. The van der Waals surface area contributed by atoms with Crippen LogP contribution in [0.4, 0.5) is 0 Å². The molecular formula is C10H12BrClS. The van der Waals surface area contributed by atoms with Crippen molar-refractivity contribution in [2.45, 2.75) is 31.1 Å². The third-order valence-corrected chi connectivity index (χ3v) is 4.99. The average Bonchev–Trinajstić information content (AvgIpc) is 2.64. The summed E-state index contributed by atoms with van der Waals surface area (Å²) >= 11 is 11.5. The quantitative estimate of drug-likeness (QED) is 0.701. The molecule has 0 radical (unpaired) electrons. The van der Waals surface area contributed by atoms with Crippen LogP contribution in [-0.4, -0.2) is 5.38 Å². The molecule has 2 atom stereocenters. The fraction of sp³-hybridized carbons (Fsp3) is 0.600. The monoisotopic (exact) mass is 278 g/mol. The van der Waals surface area contributed by atoms with Gasteiger partial charge in [0.15, 0.2) is 0 Å². The van der Waals surface area contributed by atoms with Gasteiger partial charge in [0.05, 0.1) is 0 Å². The molecule has 0 saturated heterocycles. The highest BCUT2D eigenvalue weighted by Crippen LogP contribution is 2.35. The number of hydrogen-bond donors (Lipinski definition) is 0. The summed E-state index contributed by atoms with van der Waals surface area (Å²) < 4.78 is 1.27. The van der Waals surface area contributed by atoms with E-state index in [1.807, 2.05) is 11.3 Å². The third-order valence-electron chi connectivity index (χ3n) is 2.64. The summed E-state index contributed by atoms with van der Waals surface area (Å²) in [6, 6.07) is 2.13. The van der Waals surface area contributed by atoms with E-state index < -0.39 is 0 Å². The lowest BCUT2D eigenvalue weighted by Gasteiger charge is -2.07. The van der Waals surface area contributed by atoms with Gasteiger partial charge in [-0.3, -0.25) is 0 Å². The second-order valence-corrected chi connectivity index (χ2v) is 6.14. The van der Waals surface area contributed by atoms with Crippen molar-refractivity contribution in [3.05, 3.63) is 20.8 Å². The van der Waals surface area contributed by atoms with Gasteiger partial charge in [-0.2, -0.15) is 0 Å². The Balaban J connectivity index is 1.95. The van der Waals surface area contributed by atoms with Crippen LogP contribution in [0.5, 0.6) is 0 Å². The van der Waals surface area contributed by atoms with E-state index in [1.54, 1.807) is 0 Å². The van der Waals surface area contributed by atoms with Gasteiger partial charge in [-0.15, -0.1) is 22.9 Å². The minimum Gasteiger partial charge on any atom is -0.148 e. The molecule has 0 aromatic carbocycles. The SMILES string of the molecule is ClC1CCC(Cc2sccc2Br)C1. The zero-order valence-corrected chi connectivity index (χ0v) is 10.5. The van der Waals surface area contributed by atoms with Crippen molar-refractivity contribution < 1.29 is 0 Å². The number of rotatable bonds is 2. The van der Waals surface area contributed by atoms with E-state index in [0.717, 1.165) is 5.92 Å². The Kier molecular flexibility index (Phi) is 3.33. The van der Waals surface area contributed by atoms with Crippen molar-refractivity contribution in [2.75, 3.05) is 0 Å². The van der Waals surface area contributed by atoms with E-state index in [4.69, 9.17) is 11.6 Å². The molecule has 1 heterocycles. The topological polar surface area (TPSA) is 0 Å². The molecule has 1 saturated carbocycles. The Hall–Kier alpha value is 0.470. The van der Waals surface area contributed by atoms with E-state index in [1.165, 1.54) is 35.0 Å². The lowest BCUT2D eigenvalue weighted by atomic mass is 10.0. The molecule has 0 bridgehead atoms. The summed E-state index contributed by atoms with van der Waals surface area (Å²) in [5, 5.41) is 2.58. The lowest BCUT2D eigenvalue weighted by Crippen LogP contribution is -1.99. The van der Waals surface area contributed by atoms with Gasteiger partial charge in [-0.05, 0) is 59.0 Å². The van der Waals surface area contributed by atoms with Crippen molar-refractivity contribution in [3.63, 3.8) is 0 Å². The Morgan fingerprint density at radius 3 is 2.92 bits per heavy atom. The van der Waals surface area contributed by atoms with Gasteiger partial charge in [0.25, 0.3) is 0 Å². The maximum absolute atomic E-state index is 6.08. The van der Waals surface area contributed by atoms with Gasteiger partial charge in [0, 0.05) is 14.7 Å². The largest absolute Gasteiger partial charge is 0.148 e. The van der Waals surface area contributed by atoms with Gasteiger partial charge in [-0.1, -0.05) is 0 Å². The molecule has 1 fully saturated rings. The predicted molar refractivity (Wildman–Crippen MR) is 62.7 cm³/mol. The molecule has 0 aliphatic heterocycles. The summed E-state index contributed by atoms with van der Waals surface area (Å²) in [7, 11) is 0. The van der Waals surface area contributed by atoms with Crippen molar-refractivity contribution >= 4 is 38.9 Å². The Bertz CT molecular complexity index is 284. The lowest BCUT2D eigenvalue weighted by molar-refractivity contribution is 0.551. The second-order valence-electron chi connectivity index (χ2n) is 3.67. The number of halogens is 2. The summed E-state index contributed by atoms with van der Waals surface area (Å²) in [5.74, 6) is 0.817. The van der Waals surface area contributed by atoms with Crippen molar-refractivity contribution in [3.8, 4) is 0 Å². The zero-order chi connectivity index (χ0) is 9.26. The van der Waals surface area contributed by atoms with E-state index in [9.17, 15) is 0 Å². The summed E-state index contributed by atoms with van der Waals surface area (Å²) in [6.45, 7) is 0. The van der Waals surface area contributed by atoms with Crippen LogP contribution >= 0.6 is 38.9 Å². The van der Waals surface area contributed by atoms with E-state index >= 15 is 0 Å². The molecule has 3 heteroatoms. The van der Waals surface area contributed by atoms with Crippen LogP contribution in [0.2, 0.25) is 0 Å². The summed E-state index contributed by atoms with van der Waals surface area (Å²) in [5.41, 5.74) is 0. The van der Waals surface area contributed by atoms with E-state index in [-0.39, 0.29) is 0 Å². The van der Waals surface area contributed by atoms with Gasteiger partial charge in [0.2, 0.25) is 0 Å². The Labute approximate surface area is 96.4 Å². The maximum atomic E-state index is 6.08. The number of thiophene rings is 1. The number of alkyl halides is 1. The molecule has 72 valence electrons. The minimum absolute atomic E-state index is 0.434. The molecule has 0 N–H and O–H groups in total. The van der Waals surface area contributed by atoms with Gasteiger partial charge < -0.3 is 0 Å². The molecule has 1 aromatic heterocycles. The van der Waals surface area contributed by atoms with Crippen LogP contribution in [0, 0.1) is 5.92 Å². The molecule has 1 aliphatic rings. The number of hydrogen-bond acceptors (Lipinski definition) is 1. The molecule has 0 amide bonds. The van der Waals surface area contributed by atoms with Crippen LogP contribution in [0.3, 0.4) is 0 Å². The first kappa shape index (κ1) is 10.0. The predicted octanol–water partition coefficient (Wildman–Crippen LogP) is 4.46. The first-order chi connectivity index (χ1) is 6.25. The molecule has 1 aromatic rings. The Morgan fingerprint density at radius 1 is 1.54 bits per heavy atom. The molecule has 0 nitrogen and oxygen atoms in total. The first-order valence-electron chi connectivity index (χ1n) is 4.61. The van der Waals surface area contributed by atoms with E-state index in [2.05, 4.69) is 27.4 Å². The van der Waals surface area contributed by atoms with Crippen LogP contribution in [0.15, 0.2) is 15.9 Å². The minimum atomic E-state index is 0.434. The summed E-state index contributed by atoms with van der Waals surface area (Å²) in [4.78, 5) is 1.48. The van der Waals surface area contributed by atoms with Crippen molar-refractivity contribution in [1.29, 1.82) is 0 Å². The molecule has 1 aliphatic carbocycles.